The van der Waals surface area contributed by atoms with Gasteiger partial charge in [0.2, 0.25) is 0 Å². The van der Waals surface area contributed by atoms with E-state index in [0.29, 0.717) is 11.3 Å². The third kappa shape index (κ3) is 3.10. The number of pyridine rings is 1. The lowest BCUT2D eigenvalue weighted by atomic mass is 10.1. The van der Waals surface area contributed by atoms with E-state index in [1.807, 2.05) is 45.2 Å². The molecule has 0 aliphatic carbocycles. The fraction of sp³-hybridized carbons (Fsp3) is 0.200. The average molecular weight is 255 g/mol. The number of aromatic nitrogens is 1. The summed E-state index contributed by atoms with van der Waals surface area (Å²) in [6.07, 6.45) is 3.39. The molecule has 0 aliphatic rings. The summed E-state index contributed by atoms with van der Waals surface area (Å²) in [6.45, 7) is 3.86. The van der Waals surface area contributed by atoms with Crippen LogP contribution in [0, 0.1) is 13.8 Å². The zero-order chi connectivity index (χ0) is 13.8. The summed E-state index contributed by atoms with van der Waals surface area (Å²) >= 11 is 0. The van der Waals surface area contributed by atoms with Crippen molar-refractivity contribution in [2.45, 2.75) is 13.8 Å². The van der Waals surface area contributed by atoms with Crippen LogP contribution in [0.25, 0.3) is 0 Å². The largest absolute Gasteiger partial charge is 0.388 e. The summed E-state index contributed by atoms with van der Waals surface area (Å²) in [5.74, 6) is -0.118. The highest BCUT2D eigenvalue weighted by Gasteiger charge is 2.09. The Hall–Kier alpha value is -2.36. The van der Waals surface area contributed by atoms with Gasteiger partial charge in [0.25, 0.3) is 5.91 Å². The van der Waals surface area contributed by atoms with E-state index >= 15 is 0 Å². The van der Waals surface area contributed by atoms with Gasteiger partial charge in [-0.3, -0.25) is 9.78 Å². The van der Waals surface area contributed by atoms with Crippen LogP contribution in [0.5, 0.6) is 0 Å². The summed E-state index contributed by atoms with van der Waals surface area (Å²) in [4.78, 5) is 16.2. The van der Waals surface area contributed by atoms with Crippen molar-refractivity contribution in [3.8, 4) is 0 Å². The van der Waals surface area contributed by atoms with Crippen LogP contribution in [-0.2, 0) is 0 Å². The number of nitrogens with zero attached hydrogens (tertiary/aromatic N) is 1. The molecule has 4 nitrogen and oxygen atoms in total. The molecule has 1 aromatic carbocycles. The molecule has 0 fully saturated rings. The number of aryl methyl sites for hydroxylation is 2. The van der Waals surface area contributed by atoms with E-state index in [-0.39, 0.29) is 5.91 Å². The molecule has 0 unspecified atom stereocenters. The van der Waals surface area contributed by atoms with Gasteiger partial charge in [-0.2, -0.15) is 0 Å². The molecule has 2 N–H and O–H groups in total. The van der Waals surface area contributed by atoms with Gasteiger partial charge in [-0.25, -0.2) is 0 Å². The topological polar surface area (TPSA) is 54.0 Å². The van der Waals surface area contributed by atoms with Crippen LogP contribution in [0.2, 0.25) is 0 Å². The molecule has 0 atom stereocenters. The number of rotatable bonds is 3. The molecule has 1 amide bonds. The fourth-order valence-electron chi connectivity index (χ4n) is 1.90. The molecule has 2 aromatic rings. The van der Waals surface area contributed by atoms with E-state index < -0.39 is 0 Å². The first-order valence-electron chi connectivity index (χ1n) is 6.11. The molecule has 0 saturated heterocycles. The van der Waals surface area contributed by atoms with Gasteiger partial charge >= 0.3 is 0 Å². The van der Waals surface area contributed by atoms with Gasteiger partial charge in [-0.1, -0.05) is 0 Å². The molecular weight excluding hydrogens is 238 g/mol. The average Bonchev–Trinajstić information content (AvgIpc) is 2.38. The Morgan fingerprint density at radius 3 is 2.53 bits per heavy atom. The predicted molar refractivity (Wildman–Crippen MR) is 77.7 cm³/mol. The van der Waals surface area contributed by atoms with E-state index in [9.17, 15) is 4.79 Å². The number of hydrogen-bond acceptors (Lipinski definition) is 3. The molecule has 0 bridgehead atoms. The van der Waals surface area contributed by atoms with Crippen molar-refractivity contribution >= 4 is 17.3 Å². The van der Waals surface area contributed by atoms with Gasteiger partial charge in [-0.05, 0) is 49.2 Å². The molecule has 4 heteroatoms. The summed E-state index contributed by atoms with van der Waals surface area (Å²) in [6, 6.07) is 7.54. The number of nitrogens with one attached hydrogen (secondary N) is 2. The second-order valence-electron chi connectivity index (χ2n) is 4.48. The van der Waals surface area contributed by atoms with Gasteiger partial charge < -0.3 is 10.6 Å². The molecule has 1 heterocycles. The highest BCUT2D eigenvalue weighted by atomic mass is 16.1. The second-order valence-corrected chi connectivity index (χ2v) is 4.48. The first-order chi connectivity index (χ1) is 9.10. The van der Waals surface area contributed by atoms with E-state index in [0.717, 1.165) is 16.8 Å². The number of hydrogen-bond donors (Lipinski definition) is 2. The molecule has 0 spiro atoms. The maximum atomic E-state index is 12.2. The third-order valence-electron chi connectivity index (χ3n) is 2.89. The third-order valence-corrected chi connectivity index (χ3v) is 2.89. The summed E-state index contributed by atoms with van der Waals surface area (Å²) < 4.78 is 0. The Bertz CT molecular complexity index is 608. The summed E-state index contributed by atoms with van der Waals surface area (Å²) in [5, 5.41) is 5.90. The zero-order valence-electron chi connectivity index (χ0n) is 11.3. The predicted octanol–water partition coefficient (Wildman–Crippen LogP) is 2.99. The Balaban J connectivity index is 2.20. The SMILES string of the molecule is CNc1ccc(C(=O)Nc2cncc(C)c2)c(C)c1. The smallest absolute Gasteiger partial charge is 0.255 e. The maximum Gasteiger partial charge on any atom is 0.255 e. The van der Waals surface area contributed by atoms with Gasteiger partial charge in [-0.15, -0.1) is 0 Å². The van der Waals surface area contributed by atoms with Crippen molar-refractivity contribution < 1.29 is 4.79 Å². The quantitative estimate of drug-likeness (QED) is 0.886. The van der Waals surface area contributed by atoms with Crippen LogP contribution in [0.4, 0.5) is 11.4 Å². The Kier molecular flexibility index (Phi) is 3.80. The minimum atomic E-state index is -0.118. The lowest BCUT2D eigenvalue weighted by Gasteiger charge is -2.09. The van der Waals surface area contributed by atoms with Crippen molar-refractivity contribution in [3.05, 3.63) is 53.3 Å². The summed E-state index contributed by atoms with van der Waals surface area (Å²) in [7, 11) is 1.85. The number of amides is 1. The monoisotopic (exact) mass is 255 g/mol. The molecule has 0 radical (unpaired) electrons. The molecule has 98 valence electrons. The van der Waals surface area contributed by atoms with Gasteiger partial charge in [0.05, 0.1) is 11.9 Å². The van der Waals surface area contributed by atoms with E-state index in [1.54, 1.807) is 12.4 Å². The van der Waals surface area contributed by atoms with Crippen LogP contribution in [0.1, 0.15) is 21.5 Å². The highest BCUT2D eigenvalue weighted by molar-refractivity contribution is 6.05. The van der Waals surface area contributed by atoms with Crippen molar-refractivity contribution in [3.63, 3.8) is 0 Å². The molecule has 1 aromatic heterocycles. The van der Waals surface area contributed by atoms with Crippen LogP contribution in [0.3, 0.4) is 0 Å². The Labute approximate surface area is 112 Å². The van der Waals surface area contributed by atoms with Crippen molar-refractivity contribution in [2.24, 2.45) is 0 Å². The molecular formula is C15H17N3O. The first-order valence-corrected chi connectivity index (χ1v) is 6.11. The van der Waals surface area contributed by atoms with Crippen LogP contribution in [-0.4, -0.2) is 17.9 Å². The molecule has 2 rings (SSSR count). The Morgan fingerprint density at radius 2 is 1.89 bits per heavy atom. The maximum absolute atomic E-state index is 12.2. The van der Waals surface area contributed by atoms with Crippen molar-refractivity contribution in [1.29, 1.82) is 0 Å². The standard InChI is InChI=1S/C15H17N3O/c1-10-6-13(9-17-8-10)18-15(19)14-5-4-12(16-3)7-11(14)2/h4-9,16H,1-3H3,(H,18,19). The van der Waals surface area contributed by atoms with Gasteiger partial charge in [0.15, 0.2) is 0 Å². The lowest BCUT2D eigenvalue weighted by Crippen LogP contribution is -2.13. The van der Waals surface area contributed by atoms with Gasteiger partial charge in [0.1, 0.15) is 0 Å². The Morgan fingerprint density at radius 1 is 1.11 bits per heavy atom. The van der Waals surface area contributed by atoms with Crippen molar-refractivity contribution in [1.82, 2.24) is 4.98 Å². The first kappa shape index (κ1) is 13.1. The lowest BCUT2D eigenvalue weighted by molar-refractivity contribution is 0.102. The summed E-state index contributed by atoms with van der Waals surface area (Å²) in [5.41, 5.74) is 4.32. The number of anilines is 2. The molecule has 0 saturated carbocycles. The zero-order valence-corrected chi connectivity index (χ0v) is 11.3. The molecule has 19 heavy (non-hydrogen) atoms. The van der Waals surface area contributed by atoms with E-state index in [4.69, 9.17) is 0 Å². The van der Waals surface area contributed by atoms with Crippen LogP contribution < -0.4 is 10.6 Å². The van der Waals surface area contributed by atoms with Crippen LogP contribution in [0.15, 0.2) is 36.7 Å². The second kappa shape index (κ2) is 5.52. The van der Waals surface area contributed by atoms with Crippen molar-refractivity contribution in [2.75, 3.05) is 17.7 Å². The van der Waals surface area contributed by atoms with Crippen LogP contribution >= 0.6 is 0 Å². The number of benzene rings is 1. The molecule has 0 aliphatic heterocycles. The normalized spacial score (nSPS) is 10.1. The highest BCUT2D eigenvalue weighted by Crippen LogP contribution is 2.16. The number of carbonyl (C=O) groups excluding carboxylic acids is 1. The van der Waals surface area contributed by atoms with E-state index in [1.165, 1.54) is 0 Å². The minimum Gasteiger partial charge on any atom is -0.388 e. The fourth-order valence-corrected chi connectivity index (χ4v) is 1.90. The minimum absolute atomic E-state index is 0.118. The number of carbonyl (C=O) groups is 1. The van der Waals surface area contributed by atoms with Gasteiger partial charge in [0, 0.05) is 24.5 Å². The van der Waals surface area contributed by atoms with E-state index in [2.05, 4.69) is 15.6 Å².